The number of hydrogen-bond donors (Lipinski definition) is 1. The highest BCUT2D eigenvalue weighted by molar-refractivity contribution is 9.10. The summed E-state index contributed by atoms with van der Waals surface area (Å²) in [6.07, 6.45) is 3.49. The second-order valence-electron chi connectivity index (χ2n) is 8.50. The molecule has 0 fully saturated rings. The molecule has 174 valence electrons. The van der Waals surface area contributed by atoms with Gasteiger partial charge in [0.25, 0.3) is 5.56 Å². The molecule has 0 spiro atoms. The molecule has 3 aromatic carbocycles. The van der Waals surface area contributed by atoms with Crippen LogP contribution in [0.3, 0.4) is 0 Å². The number of benzene rings is 3. The van der Waals surface area contributed by atoms with Crippen molar-refractivity contribution in [2.75, 3.05) is 0 Å². The summed E-state index contributed by atoms with van der Waals surface area (Å²) in [4.78, 5) is 19.4. The van der Waals surface area contributed by atoms with Crippen molar-refractivity contribution in [1.82, 2.24) is 4.57 Å². The normalized spacial score (nSPS) is 17.0. The number of allylic oxidation sites excluding steroid dienone is 1. The van der Waals surface area contributed by atoms with Gasteiger partial charge in [-0.1, -0.05) is 86.9 Å². The number of fused-ring (bicyclic) bond motifs is 3. The maximum Gasteiger partial charge on any atom is 0.271 e. The lowest BCUT2D eigenvalue weighted by Gasteiger charge is -2.30. The van der Waals surface area contributed by atoms with Crippen LogP contribution in [0.15, 0.2) is 80.5 Å². The molecule has 35 heavy (non-hydrogen) atoms. The van der Waals surface area contributed by atoms with E-state index in [1.165, 1.54) is 16.9 Å². The van der Waals surface area contributed by atoms with Crippen molar-refractivity contribution in [3.05, 3.63) is 123 Å². The van der Waals surface area contributed by atoms with Crippen LogP contribution in [0.5, 0.6) is 5.75 Å². The minimum absolute atomic E-state index is 0.118. The average Bonchev–Trinajstić information content (AvgIpc) is 3.16. The summed E-state index contributed by atoms with van der Waals surface area (Å²) in [6.45, 7) is 0. The zero-order chi connectivity index (χ0) is 24.3. The maximum atomic E-state index is 13.8. The third kappa shape index (κ3) is 3.89. The Hall–Kier alpha value is -2.64. The van der Waals surface area contributed by atoms with E-state index in [-0.39, 0.29) is 27.4 Å². The van der Waals surface area contributed by atoms with E-state index in [0.29, 0.717) is 14.9 Å². The molecule has 6 rings (SSSR count). The molecule has 0 saturated carbocycles. The molecule has 2 aliphatic rings. The Labute approximate surface area is 223 Å². The van der Waals surface area contributed by atoms with Crippen molar-refractivity contribution in [2.24, 2.45) is 4.99 Å². The Morgan fingerprint density at radius 1 is 1.06 bits per heavy atom. The summed E-state index contributed by atoms with van der Waals surface area (Å²) < 4.78 is 3.31. The number of aromatic nitrogens is 1. The van der Waals surface area contributed by atoms with E-state index in [1.54, 1.807) is 22.8 Å². The fourth-order valence-corrected chi connectivity index (χ4v) is 6.56. The number of thiazole rings is 1. The number of hydrogen-bond acceptors (Lipinski definition) is 4. The van der Waals surface area contributed by atoms with Gasteiger partial charge in [0.1, 0.15) is 0 Å². The zero-order valence-electron chi connectivity index (χ0n) is 18.1. The standard InChI is InChI=1S/C27H17BrCl2N2O2S/c28-17-8-5-16(6-9-17)24-19-10-7-15-3-1-2-4-18(15)23(19)31-27-32(24)26(34)22(35-27)13-14-11-20(29)25(33)21(30)12-14/h1-6,8-9,11-13,24,33H,7,10H2. The SMILES string of the molecule is O=c1c(=Cc2cc(Cl)c(O)c(Cl)c2)sc2n1C(c1ccc(Br)cc1)C1=C(N=2)c2ccccc2CC1. The summed E-state index contributed by atoms with van der Waals surface area (Å²) in [5.74, 6) is -0.173. The van der Waals surface area contributed by atoms with Gasteiger partial charge in [-0.2, -0.15) is 0 Å². The lowest BCUT2D eigenvalue weighted by molar-refractivity contribution is 0.476. The molecule has 2 heterocycles. The Bertz CT molecular complexity index is 1700. The van der Waals surface area contributed by atoms with Gasteiger partial charge in [-0.15, -0.1) is 0 Å². The molecule has 1 aromatic heterocycles. The molecular weight excluding hydrogens is 567 g/mol. The van der Waals surface area contributed by atoms with Gasteiger partial charge in [-0.25, -0.2) is 4.99 Å². The first-order chi connectivity index (χ1) is 16.9. The Kier molecular flexibility index (Phi) is 5.72. The number of phenols is 1. The zero-order valence-corrected chi connectivity index (χ0v) is 22.0. The molecule has 4 nitrogen and oxygen atoms in total. The molecule has 1 aliphatic heterocycles. The van der Waals surface area contributed by atoms with Gasteiger partial charge in [0.2, 0.25) is 0 Å². The van der Waals surface area contributed by atoms with E-state index >= 15 is 0 Å². The fourth-order valence-electron chi connectivity index (χ4n) is 4.79. The first-order valence-corrected chi connectivity index (χ1v) is 13.3. The molecule has 0 amide bonds. The molecule has 4 aromatic rings. The predicted molar refractivity (Wildman–Crippen MR) is 145 cm³/mol. The predicted octanol–water partition coefficient (Wildman–Crippen LogP) is 6.09. The topological polar surface area (TPSA) is 54.6 Å². The van der Waals surface area contributed by atoms with E-state index in [1.807, 2.05) is 18.2 Å². The van der Waals surface area contributed by atoms with Crippen LogP contribution in [0.1, 0.15) is 34.7 Å². The average molecular weight is 584 g/mol. The smallest absolute Gasteiger partial charge is 0.271 e. The van der Waals surface area contributed by atoms with Gasteiger partial charge < -0.3 is 5.11 Å². The van der Waals surface area contributed by atoms with Gasteiger partial charge in [-0.05, 0) is 65.4 Å². The van der Waals surface area contributed by atoms with Crippen molar-refractivity contribution >= 4 is 62.2 Å². The van der Waals surface area contributed by atoms with Crippen molar-refractivity contribution in [3.63, 3.8) is 0 Å². The van der Waals surface area contributed by atoms with Crippen LogP contribution >= 0.6 is 50.5 Å². The van der Waals surface area contributed by atoms with Crippen LogP contribution in [0.2, 0.25) is 10.0 Å². The van der Waals surface area contributed by atoms with Crippen LogP contribution in [0.25, 0.3) is 11.8 Å². The van der Waals surface area contributed by atoms with Crippen molar-refractivity contribution < 1.29 is 5.11 Å². The Morgan fingerprint density at radius 3 is 2.51 bits per heavy atom. The Balaban J connectivity index is 1.62. The summed E-state index contributed by atoms with van der Waals surface area (Å²) in [7, 11) is 0. The summed E-state index contributed by atoms with van der Waals surface area (Å²) in [5.41, 5.74) is 6.08. The number of rotatable bonds is 2. The number of aromatic hydroxyl groups is 1. The second kappa shape index (κ2) is 8.79. The fraction of sp³-hybridized carbons (Fsp3) is 0.111. The monoisotopic (exact) mass is 582 g/mol. The van der Waals surface area contributed by atoms with E-state index in [9.17, 15) is 9.90 Å². The highest BCUT2D eigenvalue weighted by Gasteiger charge is 2.32. The largest absolute Gasteiger partial charge is 0.505 e. The molecule has 1 atom stereocenters. The van der Waals surface area contributed by atoms with Gasteiger partial charge in [0.05, 0.1) is 26.3 Å². The third-order valence-corrected chi connectivity index (χ3v) is 8.48. The number of aryl methyl sites for hydroxylation is 1. The van der Waals surface area contributed by atoms with Crippen molar-refractivity contribution in [3.8, 4) is 5.75 Å². The van der Waals surface area contributed by atoms with E-state index in [2.05, 4.69) is 46.3 Å². The molecule has 8 heteroatoms. The minimum Gasteiger partial charge on any atom is -0.505 e. The van der Waals surface area contributed by atoms with Crippen LogP contribution < -0.4 is 14.9 Å². The van der Waals surface area contributed by atoms with Crippen LogP contribution in [-0.4, -0.2) is 9.67 Å². The van der Waals surface area contributed by atoms with Gasteiger partial charge in [0.15, 0.2) is 10.6 Å². The van der Waals surface area contributed by atoms with Gasteiger partial charge in [-0.3, -0.25) is 9.36 Å². The minimum atomic E-state index is -0.239. The highest BCUT2D eigenvalue weighted by atomic mass is 79.9. The molecule has 1 N–H and O–H groups in total. The van der Waals surface area contributed by atoms with Crippen LogP contribution in [0, 0.1) is 0 Å². The van der Waals surface area contributed by atoms with Crippen LogP contribution in [-0.2, 0) is 6.42 Å². The summed E-state index contributed by atoms with van der Waals surface area (Å²) in [6, 6.07) is 19.4. The number of phenolic OH excluding ortho intramolecular Hbond substituents is 1. The number of halogens is 3. The van der Waals surface area contributed by atoms with Gasteiger partial charge >= 0.3 is 0 Å². The quantitative estimate of drug-likeness (QED) is 0.310. The molecular formula is C27H17BrCl2N2O2S. The number of nitrogens with zero attached hydrogens (tertiary/aromatic N) is 2. The van der Waals surface area contributed by atoms with E-state index < -0.39 is 0 Å². The summed E-state index contributed by atoms with van der Waals surface area (Å²) >= 11 is 17.1. The molecule has 1 unspecified atom stereocenters. The molecule has 0 bridgehead atoms. The second-order valence-corrected chi connectivity index (χ2v) is 11.2. The van der Waals surface area contributed by atoms with E-state index in [4.69, 9.17) is 28.2 Å². The van der Waals surface area contributed by atoms with Gasteiger partial charge in [0, 0.05) is 10.0 Å². The third-order valence-electron chi connectivity index (χ3n) is 6.40. The molecule has 0 saturated heterocycles. The van der Waals surface area contributed by atoms with E-state index in [0.717, 1.165) is 39.7 Å². The molecule has 0 radical (unpaired) electrons. The lowest BCUT2D eigenvalue weighted by atomic mass is 9.83. The highest BCUT2D eigenvalue weighted by Crippen LogP contribution is 2.41. The maximum absolute atomic E-state index is 13.8. The first kappa shape index (κ1) is 22.8. The molecule has 1 aliphatic carbocycles. The first-order valence-electron chi connectivity index (χ1n) is 11.0. The Morgan fingerprint density at radius 2 is 1.77 bits per heavy atom. The van der Waals surface area contributed by atoms with Crippen LogP contribution in [0.4, 0.5) is 0 Å². The van der Waals surface area contributed by atoms with Crippen molar-refractivity contribution in [2.45, 2.75) is 18.9 Å². The lowest BCUT2D eigenvalue weighted by Crippen LogP contribution is -2.38. The van der Waals surface area contributed by atoms with Crippen molar-refractivity contribution in [1.29, 1.82) is 0 Å². The summed E-state index contributed by atoms with van der Waals surface area (Å²) in [5, 5.41) is 10.2.